The molecule has 80 valence electrons. The summed E-state index contributed by atoms with van der Waals surface area (Å²) in [4.78, 5) is 2.42. The highest BCUT2D eigenvalue weighted by atomic mass is 19.4. The van der Waals surface area contributed by atoms with E-state index in [0.29, 0.717) is 10.9 Å². The molecule has 0 bridgehead atoms. The Balaban J connectivity index is 2.75. The van der Waals surface area contributed by atoms with Crippen molar-refractivity contribution in [2.75, 3.05) is 0 Å². The van der Waals surface area contributed by atoms with Crippen LogP contribution in [0.15, 0.2) is 18.2 Å². The molecule has 0 amide bonds. The van der Waals surface area contributed by atoms with Gasteiger partial charge in [0.15, 0.2) is 0 Å². The zero-order chi connectivity index (χ0) is 11.2. The first-order chi connectivity index (χ1) is 6.89. The minimum atomic E-state index is -4.31. The zero-order valence-corrected chi connectivity index (χ0v) is 8.37. The maximum absolute atomic E-state index is 12.6. The Kier molecular flexibility index (Phi) is 2.03. The number of nitrogens with one attached hydrogen (secondary N) is 1. The molecule has 0 atom stereocenters. The van der Waals surface area contributed by atoms with Gasteiger partial charge in [-0.3, -0.25) is 0 Å². The second-order valence-electron chi connectivity index (χ2n) is 3.67. The summed E-state index contributed by atoms with van der Waals surface area (Å²) in [5.74, 6) is 0. The molecule has 2 aromatic rings. The van der Waals surface area contributed by atoms with E-state index in [9.17, 15) is 13.2 Å². The van der Waals surface area contributed by atoms with E-state index >= 15 is 0 Å². The van der Waals surface area contributed by atoms with Gasteiger partial charge in [-0.2, -0.15) is 13.2 Å². The quantitative estimate of drug-likeness (QED) is 0.685. The summed E-state index contributed by atoms with van der Waals surface area (Å²) in [6.07, 6.45) is -4.31. The molecule has 0 spiro atoms. The number of aromatic nitrogens is 1. The Morgan fingerprint density at radius 2 is 1.80 bits per heavy atom. The van der Waals surface area contributed by atoms with Gasteiger partial charge in [-0.15, -0.1) is 0 Å². The van der Waals surface area contributed by atoms with Crippen molar-refractivity contribution in [2.24, 2.45) is 0 Å². The molecule has 2 rings (SSSR count). The number of halogens is 3. The number of hydrogen-bond acceptors (Lipinski definition) is 0. The van der Waals surface area contributed by atoms with Gasteiger partial charge >= 0.3 is 6.18 Å². The summed E-state index contributed by atoms with van der Waals surface area (Å²) < 4.78 is 37.7. The summed E-state index contributed by atoms with van der Waals surface area (Å²) in [6, 6.07) is 5.24. The lowest BCUT2D eigenvalue weighted by Gasteiger charge is -2.04. The van der Waals surface area contributed by atoms with Crippen molar-refractivity contribution in [2.45, 2.75) is 20.0 Å². The van der Waals surface area contributed by atoms with Crippen molar-refractivity contribution in [3.63, 3.8) is 0 Å². The third kappa shape index (κ3) is 1.60. The Morgan fingerprint density at radius 3 is 2.40 bits per heavy atom. The third-order valence-electron chi connectivity index (χ3n) is 2.50. The average Bonchev–Trinajstić information content (AvgIpc) is 2.42. The first-order valence-electron chi connectivity index (χ1n) is 4.55. The second-order valence-corrected chi connectivity index (χ2v) is 3.67. The van der Waals surface area contributed by atoms with Crippen molar-refractivity contribution in [3.05, 3.63) is 35.0 Å². The lowest BCUT2D eigenvalue weighted by atomic mass is 10.1. The summed E-state index contributed by atoms with van der Waals surface area (Å²) in [5.41, 5.74) is 1.10. The Hall–Kier alpha value is -1.45. The minimum Gasteiger partial charge on any atom is -0.351 e. The molecule has 0 radical (unpaired) electrons. The van der Waals surface area contributed by atoms with Crippen LogP contribution in [0, 0.1) is 13.8 Å². The van der Waals surface area contributed by atoms with Crippen LogP contribution in [0.5, 0.6) is 0 Å². The van der Waals surface area contributed by atoms with Crippen molar-refractivity contribution in [1.29, 1.82) is 0 Å². The van der Waals surface area contributed by atoms with Gasteiger partial charge < -0.3 is 4.98 Å². The molecule has 0 aliphatic carbocycles. The van der Waals surface area contributed by atoms with Gasteiger partial charge in [-0.05, 0) is 31.0 Å². The first kappa shape index (κ1) is 10.1. The molecule has 0 saturated heterocycles. The fourth-order valence-corrected chi connectivity index (χ4v) is 1.74. The summed E-state index contributed by atoms with van der Waals surface area (Å²) in [5, 5.41) is 0.632. The molecular formula is C11H10F3N. The van der Waals surface area contributed by atoms with E-state index in [2.05, 4.69) is 4.98 Å². The molecular weight excluding hydrogens is 203 g/mol. The highest BCUT2D eigenvalue weighted by Crippen LogP contribution is 2.34. The lowest BCUT2D eigenvalue weighted by Crippen LogP contribution is -2.06. The van der Waals surface area contributed by atoms with Crippen molar-refractivity contribution >= 4 is 10.9 Å². The van der Waals surface area contributed by atoms with Crippen LogP contribution in [0.3, 0.4) is 0 Å². The van der Waals surface area contributed by atoms with Crippen molar-refractivity contribution in [3.8, 4) is 0 Å². The van der Waals surface area contributed by atoms with Crippen LogP contribution >= 0.6 is 0 Å². The van der Waals surface area contributed by atoms with Gasteiger partial charge in [-0.25, -0.2) is 0 Å². The van der Waals surface area contributed by atoms with E-state index in [1.165, 1.54) is 6.92 Å². The first-order valence-corrected chi connectivity index (χ1v) is 4.55. The number of aryl methyl sites for hydroxylation is 2. The summed E-state index contributed by atoms with van der Waals surface area (Å²) in [6.45, 7) is 3.33. The van der Waals surface area contributed by atoms with Crippen LogP contribution < -0.4 is 0 Å². The number of H-pyrrole nitrogens is 1. The predicted molar refractivity (Wildman–Crippen MR) is 52.8 cm³/mol. The molecule has 1 nitrogen and oxygen atoms in total. The molecule has 0 aliphatic rings. The van der Waals surface area contributed by atoms with E-state index in [4.69, 9.17) is 0 Å². The van der Waals surface area contributed by atoms with Crippen LogP contribution in [0.25, 0.3) is 10.9 Å². The molecule has 0 saturated carbocycles. The number of rotatable bonds is 0. The molecule has 1 aromatic carbocycles. The molecule has 1 aromatic heterocycles. The fraction of sp³-hybridized carbons (Fsp3) is 0.273. The van der Waals surface area contributed by atoms with Crippen LogP contribution in [0.2, 0.25) is 0 Å². The summed E-state index contributed by atoms with van der Waals surface area (Å²) in [7, 11) is 0. The molecule has 1 heterocycles. The van der Waals surface area contributed by atoms with Gasteiger partial charge in [0.25, 0.3) is 0 Å². The molecule has 1 N–H and O–H groups in total. The van der Waals surface area contributed by atoms with Crippen LogP contribution in [0.4, 0.5) is 13.2 Å². The average molecular weight is 213 g/mol. The number of fused-ring (bicyclic) bond motifs is 1. The van der Waals surface area contributed by atoms with Gasteiger partial charge in [0.2, 0.25) is 0 Å². The van der Waals surface area contributed by atoms with E-state index < -0.39 is 11.9 Å². The molecule has 0 aliphatic heterocycles. The number of benzene rings is 1. The summed E-state index contributed by atoms with van der Waals surface area (Å²) >= 11 is 0. The molecule has 4 heteroatoms. The van der Waals surface area contributed by atoms with Crippen molar-refractivity contribution < 1.29 is 13.2 Å². The maximum Gasteiger partial charge on any atom is 0.431 e. The predicted octanol–water partition coefficient (Wildman–Crippen LogP) is 3.80. The molecule has 0 fully saturated rings. The highest BCUT2D eigenvalue weighted by Gasteiger charge is 2.34. The smallest absolute Gasteiger partial charge is 0.351 e. The third-order valence-corrected chi connectivity index (χ3v) is 2.50. The normalized spacial score (nSPS) is 12.3. The monoisotopic (exact) mass is 213 g/mol. The van der Waals surface area contributed by atoms with Crippen LogP contribution in [0.1, 0.15) is 16.8 Å². The van der Waals surface area contributed by atoms with E-state index in [-0.39, 0.29) is 5.56 Å². The Bertz CT molecular complexity index is 508. The van der Waals surface area contributed by atoms with E-state index in [0.717, 1.165) is 5.56 Å². The van der Waals surface area contributed by atoms with E-state index in [1.807, 2.05) is 13.0 Å². The lowest BCUT2D eigenvalue weighted by molar-refractivity contribution is -0.141. The van der Waals surface area contributed by atoms with Gasteiger partial charge in [0, 0.05) is 10.9 Å². The SMILES string of the molecule is Cc1ccc2c(C)c(C(F)(F)F)[nH]c2c1. The number of aromatic amines is 1. The Labute approximate surface area is 84.9 Å². The molecule has 15 heavy (non-hydrogen) atoms. The van der Waals surface area contributed by atoms with Gasteiger partial charge in [0.1, 0.15) is 5.69 Å². The van der Waals surface area contributed by atoms with Crippen molar-refractivity contribution in [1.82, 2.24) is 4.98 Å². The van der Waals surface area contributed by atoms with Gasteiger partial charge in [-0.1, -0.05) is 12.1 Å². The second kappa shape index (κ2) is 3.02. The minimum absolute atomic E-state index is 0.262. The maximum atomic E-state index is 12.6. The standard InChI is InChI=1S/C11H10F3N/c1-6-3-4-8-7(2)10(11(12,13)14)15-9(8)5-6/h3-5,15H,1-2H3. The zero-order valence-electron chi connectivity index (χ0n) is 8.37. The van der Waals surface area contributed by atoms with Gasteiger partial charge in [0.05, 0.1) is 0 Å². The topological polar surface area (TPSA) is 15.8 Å². The number of hydrogen-bond donors (Lipinski definition) is 1. The van der Waals surface area contributed by atoms with Crippen LogP contribution in [-0.4, -0.2) is 4.98 Å². The molecule has 0 unspecified atom stereocenters. The largest absolute Gasteiger partial charge is 0.431 e. The highest BCUT2D eigenvalue weighted by molar-refractivity contribution is 5.85. The van der Waals surface area contributed by atoms with E-state index in [1.54, 1.807) is 12.1 Å². The van der Waals surface area contributed by atoms with Crippen LogP contribution in [-0.2, 0) is 6.18 Å². The fourth-order valence-electron chi connectivity index (χ4n) is 1.74. The Morgan fingerprint density at radius 1 is 1.13 bits per heavy atom. The number of alkyl halides is 3.